The summed E-state index contributed by atoms with van der Waals surface area (Å²) in [5, 5.41) is 19.3. The number of benzene rings is 2. The van der Waals surface area contributed by atoms with Crippen LogP contribution < -0.4 is 4.90 Å². The maximum atomic E-state index is 13.1. The highest BCUT2D eigenvalue weighted by Gasteiger charge is 2.24. The Morgan fingerprint density at radius 2 is 1.69 bits per heavy atom. The summed E-state index contributed by atoms with van der Waals surface area (Å²) in [4.78, 5) is 28.6. The smallest absolute Gasteiger partial charge is 0.337 e. The predicted molar refractivity (Wildman–Crippen MR) is 136 cm³/mol. The average molecular weight is 489 g/mol. The van der Waals surface area contributed by atoms with Crippen molar-refractivity contribution in [2.75, 3.05) is 31.1 Å². The highest BCUT2D eigenvalue weighted by molar-refractivity contribution is 6.33. The molecule has 1 fully saturated rings. The summed E-state index contributed by atoms with van der Waals surface area (Å²) < 4.78 is 1.88. The van der Waals surface area contributed by atoms with Gasteiger partial charge in [0.05, 0.1) is 10.6 Å². The summed E-state index contributed by atoms with van der Waals surface area (Å²) in [5.41, 5.74) is 4.20. The van der Waals surface area contributed by atoms with E-state index in [-0.39, 0.29) is 22.1 Å². The Hall–Kier alpha value is -4.02. The van der Waals surface area contributed by atoms with Crippen LogP contribution in [0.2, 0.25) is 5.02 Å². The van der Waals surface area contributed by atoms with E-state index in [0.29, 0.717) is 31.9 Å². The first-order chi connectivity index (χ1) is 16.8. The molecule has 0 bridgehead atoms. The number of nitrogens with zero attached hydrogens (tertiary/aromatic N) is 4. The van der Waals surface area contributed by atoms with E-state index in [4.69, 9.17) is 11.6 Å². The molecule has 1 aliphatic rings. The second kappa shape index (κ2) is 10.1. The van der Waals surface area contributed by atoms with E-state index in [9.17, 15) is 20.0 Å². The fourth-order valence-corrected chi connectivity index (χ4v) is 4.62. The molecule has 1 amide bonds. The topological polar surface area (TPSA) is 89.6 Å². The Morgan fingerprint density at radius 1 is 1.00 bits per heavy atom. The van der Waals surface area contributed by atoms with E-state index in [1.807, 2.05) is 54.8 Å². The number of anilines is 1. The Kier molecular flexibility index (Phi) is 6.94. The number of carboxylic acids is 1. The summed E-state index contributed by atoms with van der Waals surface area (Å²) in [7, 11) is 0. The minimum absolute atomic E-state index is 0.0105. The number of rotatable bonds is 5. The highest BCUT2D eigenvalue weighted by atomic mass is 35.5. The van der Waals surface area contributed by atoms with Gasteiger partial charge in [-0.1, -0.05) is 29.8 Å². The zero-order valence-corrected chi connectivity index (χ0v) is 20.3. The Balaban J connectivity index is 1.56. The first-order valence-electron chi connectivity index (χ1n) is 11.2. The van der Waals surface area contributed by atoms with Gasteiger partial charge in [-0.3, -0.25) is 4.79 Å². The number of hydrogen-bond acceptors (Lipinski definition) is 4. The van der Waals surface area contributed by atoms with Gasteiger partial charge in [0, 0.05) is 48.9 Å². The van der Waals surface area contributed by atoms with Gasteiger partial charge >= 0.3 is 5.97 Å². The van der Waals surface area contributed by atoms with Crippen LogP contribution in [0.4, 0.5) is 5.69 Å². The molecular weight excluding hydrogens is 464 g/mol. The van der Waals surface area contributed by atoms with Crippen molar-refractivity contribution in [3.8, 4) is 11.8 Å². The van der Waals surface area contributed by atoms with Crippen LogP contribution in [0.15, 0.2) is 60.2 Å². The fourth-order valence-electron chi connectivity index (χ4n) is 4.42. The molecule has 7 nitrogen and oxygen atoms in total. The van der Waals surface area contributed by atoms with E-state index in [0.717, 1.165) is 22.6 Å². The monoisotopic (exact) mass is 488 g/mol. The largest absolute Gasteiger partial charge is 0.478 e. The summed E-state index contributed by atoms with van der Waals surface area (Å²) >= 11 is 6.02. The molecule has 0 spiro atoms. The lowest BCUT2D eigenvalue weighted by Gasteiger charge is -2.36. The first kappa shape index (κ1) is 24.1. The van der Waals surface area contributed by atoms with Crippen molar-refractivity contribution in [3.05, 3.63) is 87.7 Å². The van der Waals surface area contributed by atoms with Crippen molar-refractivity contribution in [2.45, 2.75) is 13.8 Å². The van der Waals surface area contributed by atoms with Crippen LogP contribution in [0.5, 0.6) is 0 Å². The number of aromatic nitrogens is 1. The summed E-state index contributed by atoms with van der Waals surface area (Å²) in [6.45, 7) is 6.22. The molecule has 0 aliphatic carbocycles. The van der Waals surface area contributed by atoms with Crippen LogP contribution >= 0.6 is 11.6 Å². The molecule has 1 N–H and O–H groups in total. The minimum Gasteiger partial charge on any atom is -0.478 e. The number of piperazine rings is 1. The molecule has 2 heterocycles. The zero-order valence-electron chi connectivity index (χ0n) is 19.5. The minimum atomic E-state index is -1.11. The van der Waals surface area contributed by atoms with Crippen molar-refractivity contribution in [1.29, 1.82) is 5.26 Å². The molecule has 1 saturated heterocycles. The molecule has 4 rings (SSSR count). The SMILES string of the molecule is Cc1cc(/C=C(/C#N)C(=O)N2CCN(c3ccccc3)CC2)c(C)n1-c1ccc(Cl)c(C(=O)O)c1. The van der Waals surface area contributed by atoms with Crippen molar-refractivity contribution in [2.24, 2.45) is 0 Å². The lowest BCUT2D eigenvalue weighted by Crippen LogP contribution is -2.49. The third kappa shape index (κ3) is 4.93. The van der Waals surface area contributed by atoms with Crippen LogP contribution in [0.3, 0.4) is 0 Å². The van der Waals surface area contributed by atoms with Gasteiger partial charge in [0.25, 0.3) is 5.91 Å². The van der Waals surface area contributed by atoms with E-state index >= 15 is 0 Å². The number of aromatic carboxylic acids is 1. The Bertz CT molecular complexity index is 1350. The third-order valence-corrected chi connectivity index (χ3v) is 6.58. The van der Waals surface area contributed by atoms with E-state index < -0.39 is 5.97 Å². The van der Waals surface area contributed by atoms with Crippen molar-refractivity contribution in [1.82, 2.24) is 9.47 Å². The van der Waals surface area contributed by atoms with Gasteiger partial charge in [-0.25, -0.2) is 4.79 Å². The van der Waals surface area contributed by atoms with E-state index in [2.05, 4.69) is 11.0 Å². The lowest BCUT2D eigenvalue weighted by molar-refractivity contribution is -0.126. The summed E-state index contributed by atoms with van der Waals surface area (Å²) in [6, 6.07) is 18.8. The third-order valence-electron chi connectivity index (χ3n) is 6.25. The van der Waals surface area contributed by atoms with Gasteiger partial charge in [0.15, 0.2) is 0 Å². The highest BCUT2D eigenvalue weighted by Crippen LogP contribution is 2.26. The number of carbonyl (C=O) groups is 2. The second-order valence-corrected chi connectivity index (χ2v) is 8.82. The van der Waals surface area contributed by atoms with Crippen molar-refractivity contribution >= 4 is 35.2 Å². The average Bonchev–Trinajstić information content (AvgIpc) is 3.15. The second-order valence-electron chi connectivity index (χ2n) is 8.42. The molecule has 1 aliphatic heterocycles. The number of hydrogen-bond donors (Lipinski definition) is 1. The fraction of sp³-hybridized carbons (Fsp3) is 0.222. The van der Waals surface area contributed by atoms with Crippen LogP contribution in [0, 0.1) is 25.2 Å². The molecule has 178 valence electrons. The first-order valence-corrected chi connectivity index (χ1v) is 11.6. The van der Waals surface area contributed by atoms with Gasteiger partial charge in [0.1, 0.15) is 11.6 Å². The van der Waals surface area contributed by atoms with Crippen LogP contribution in [0.25, 0.3) is 11.8 Å². The maximum absolute atomic E-state index is 13.1. The molecule has 0 saturated carbocycles. The number of aryl methyl sites for hydroxylation is 1. The van der Waals surface area contributed by atoms with Gasteiger partial charge in [0.2, 0.25) is 0 Å². The van der Waals surface area contributed by atoms with Crippen molar-refractivity contribution < 1.29 is 14.7 Å². The number of nitriles is 1. The lowest BCUT2D eigenvalue weighted by atomic mass is 10.1. The molecule has 0 radical (unpaired) electrons. The number of carbonyl (C=O) groups excluding carboxylic acids is 1. The molecule has 3 aromatic rings. The van der Waals surface area contributed by atoms with Crippen LogP contribution in [0.1, 0.15) is 27.3 Å². The number of amides is 1. The standard InChI is InChI=1S/C27H25ClN4O3/c1-18-14-20(19(2)32(18)23-8-9-25(28)24(16-23)27(34)35)15-21(17-29)26(33)31-12-10-30(11-13-31)22-6-4-3-5-7-22/h3-9,14-16H,10-13H2,1-2H3,(H,34,35)/b21-15-. The number of carboxylic acid groups (broad SMARTS) is 1. The molecule has 0 atom stereocenters. The van der Waals surface area contributed by atoms with Crippen molar-refractivity contribution in [3.63, 3.8) is 0 Å². The number of halogens is 1. The molecule has 2 aromatic carbocycles. The Labute approximate surface area is 209 Å². The normalized spacial score (nSPS) is 14.1. The molecular formula is C27H25ClN4O3. The molecule has 8 heteroatoms. The zero-order chi connectivity index (χ0) is 25.1. The molecule has 0 unspecified atom stereocenters. The van der Waals surface area contributed by atoms with E-state index in [1.54, 1.807) is 23.1 Å². The van der Waals surface area contributed by atoms with Gasteiger partial charge in [-0.2, -0.15) is 5.26 Å². The summed E-state index contributed by atoms with van der Waals surface area (Å²) in [6.07, 6.45) is 1.61. The predicted octanol–water partition coefficient (Wildman–Crippen LogP) is 4.70. The quantitative estimate of drug-likeness (QED) is 0.415. The molecule has 35 heavy (non-hydrogen) atoms. The van der Waals surface area contributed by atoms with Crippen LogP contribution in [-0.2, 0) is 4.79 Å². The van der Waals surface area contributed by atoms with Gasteiger partial charge < -0.3 is 19.5 Å². The maximum Gasteiger partial charge on any atom is 0.337 e. The summed E-state index contributed by atoms with van der Waals surface area (Å²) in [5.74, 6) is -1.39. The number of para-hydroxylation sites is 1. The van der Waals surface area contributed by atoms with Gasteiger partial charge in [-0.05, 0) is 61.9 Å². The Morgan fingerprint density at radius 3 is 2.31 bits per heavy atom. The molecule has 1 aromatic heterocycles. The van der Waals surface area contributed by atoms with Gasteiger partial charge in [-0.15, -0.1) is 0 Å². The van der Waals surface area contributed by atoms with E-state index in [1.165, 1.54) is 6.07 Å². The van der Waals surface area contributed by atoms with Crippen LogP contribution in [-0.4, -0.2) is 52.6 Å².